The van der Waals surface area contributed by atoms with E-state index in [1.165, 1.54) is 0 Å². The molecule has 0 aliphatic carbocycles. The number of carbonyl (C=O) groups excluding carboxylic acids is 1. The fourth-order valence-corrected chi connectivity index (χ4v) is 1.99. The Labute approximate surface area is 97.1 Å². The van der Waals surface area contributed by atoms with Gasteiger partial charge in [-0.15, -0.1) is 0 Å². The second kappa shape index (κ2) is 4.76. The molecule has 1 amide bonds. The number of nitrogens with one attached hydrogen (secondary N) is 1. The summed E-state index contributed by atoms with van der Waals surface area (Å²) in [5.74, 6) is 0.0575. The van der Waals surface area contributed by atoms with Gasteiger partial charge in [-0.2, -0.15) is 11.3 Å². The number of nitrogens with two attached hydrogens (primary N) is 1. The molecule has 2 rings (SSSR count). The van der Waals surface area contributed by atoms with Crippen LogP contribution in [0, 0.1) is 0 Å². The molecule has 0 atom stereocenters. The third-order valence-electron chi connectivity index (χ3n) is 2.11. The summed E-state index contributed by atoms with van der Waals surface area (Å²) in [6.45, 7) is 0.640. The van der Waals surface area contributed by atoms with Crippen molar-refractivity contribution >= 4 is 23.1 Å². The Morgan fingerprint density at radius 1 is 1.50 bits per heavy atom. The Bertz CT molecular complexity index is 482. The maximum Gasteiger partial charge on any atom is 0.252 e. The third-order valence-corrected chi connectivity index (χ3v) is 2.85. The van der Waals surface area contributed by atoms with E-state index in [0.717, 1.165) is 5.56 Å². The number of aromatic nitrogens is 1. The van der Waals surface area contributed by atoms with E-state index in [9.17, 15) is 4.79 Å². The first kappa shape index (κ1) is 10.6. The van der Waals surface area contributed by atoms with Crippen LogP contribution in [0.1, 0.15) is 15.9 Å². The van der Waals surface area contributed by atoms with Crippen molar-refractivity contribution in [3.63, 3.8) is 0 Å². The van der Waals surface area contributed by atoms with E-state index in [2.05, 4.69) is 10.3 Å². The minimum atomic E-state index is -0.471. The van der Waals surface area contributed by atoms with Crippen LogP contribution < -0.4 is 11.1 Å². The summed E-state index contributed by atoms with van der Waals surface area (Å²) in [5, 5.41) is 7.14. The van der Waals surface area contributed by atoms with Gasteiger partial charge >= 0.3 is 0 Å². The average Bonchev–Trinajstić information content (AvgIpc) is 2.79. The van der Waals surface area contributed by atoms with Crippen molar-refractivity contribution in [2.24, 2.45) is 5.73 Å². The first-order chi connectivity index (χ1) is 7.77. The molecule has 2 aromatic heterocycles. The van der Waals surface area contributed by atoms with Crippen molar-refractivity contribution in [1.82, 2.24) is 4.98 Å². The van der Waals surface area contributed by atoms with Gasteiger partial charge in [0, 0.05) is 12.7 Å². The summed E-state index contributed by atoms with van der Waals surface area (Å²) < 4.78 is 0. The van der Waals surface area contributed by atoms with E-state index < -0.39 is 5.91 Å². The third kappa shape index (κ3) is 2.38. The molecular weight excluding hydrogens is 222 g/mol. The van der Waals surface area contributed by atoms with Gasteiger partial charge in [0.05, 0.1) is 5.56 Å². The normalized spacial score (nSPS) is 10.0. The molecule has 0 aliphatic heterocycles. The lowest BCUT2D eigenvalue weighted by Crippen LogP contribution is -2.15. The highest BCUT2D eigenvalue weighted by Crippen LogP contribution is 2.13. The van der Waals surface area contributed by atoms with Crippen LogP contribution in [0.25, 0.3) is 0 Å². The first-order valence-corrected chi connectivity index (χ1v) is 5.71. The highest BCUT2D eigenvalue weighted by Gasteiger charge is 2.07. The maximum absolute atomic E-state index is 11.1. The Morgan fingerprint density at radius 3 is 3.06 bits per heavy atom. The Hall–Kier alpha value is -1.88. The van der Waals surface area contributed by atoms with Gasteiger partial charge < -0.3 is 11.1 Å². The predicted octanol–water partition coefficient (Wildman–Crippen LogP) is 1.85. The van der Waals surface area contributed by atoms with Gasteiger partial charge in [-0.1, -0.05) is 0 Å². The van der Waals surface area contributed by atoms with Crippen molar-refractivity contribution < 1.29 is 4.79 Å². The van der Waals surface area contributed by atoms with E-state index in [1.54, 1.807) is 29.7 Å². The molecular formula is C11H11N3OS. The summed E-state index contributed by atoms with van der Waals surface area (Å²) >= 11 is 1.63. The van der Waals surface area contributed by atoms with Crippen LogP contribution in [0.3, 0.4) is 0 Å². The molecule has 0 saturated heterocycles. The lowest BCUT2D eigenvalue weighted by molar-refractivity contribution is 0.100. The molecule has 0 radical (unpaired) electrons. The van der Waals surface area contributed by atoms with E-state index in [4.69, 9.17) is 5.73 Å². The summed E-state index contributed by atoms with van der Waals surface area (Å²) in [4.78, 5) is 15.2. The van der Waals surface area contributed by atoms with Crippen LogP contribution in [0.5, 0.6) is 0 Å². The van der Waals surface area contributed by atoms with E-state index in [1.807, 2.05) is 16.8 Å². The molecule has 0 fully saturated rings. The quantitative estimate of drug-likeness (QED) is 0.846. The Kier molecular flexibility index (Phi) is 3.16. The predicted molar refractivity (Wildman–Crippen MR) is 64.4 cm³/mol. The molecule has 2 heterocycles. The largest absolute Gasteiger partial charge is 0.365 e. The number of thiophene rings is 1. The van der Waals surface area contributed by atoms with Crippen molar-refractivity contribution in [3.8, 4) is 0 Å². The summed E-state index contributed by atoms with van der Waals surface area (Å²) in [5.41, 5.74) is 6.82. The van der Waals surface area contributed by atoms with Crippen LogP contribution in [0.4, 0.5) is 5.82 Å². The molecule has 2 aromatic rings. The fourth-order valence-electron chi connectivity index (χ4n) is 1.32. The van der Waals surface area contributed by atoms with Gasteiger partial charge in [0.25, 0.3) is 5.91 Å². The number of pyridine rings is 1. The molecule has 0 bridgehead atoms. The van der Waals surface area contributed by atoms with Crippen LogP contribution in [0.2, 0.25) is 0 Å². The first-order valence-electron chi connectivity index (χ1n) is 4.77. The molecule has 5 heteroatoms. The van der Waals surface area contributed by atoms with Gasteiger partial charge in [0.15, 0.2) is 0 Å². The van der Waals surface area contributed by atoms with Crippen molar-refractivity contribution in [2.45, 2.75) is 6.54 Å². The van der Waals surface area contributed by atoms with Crippen LogP contribution in [-0.2, 0) is 6.54 Å². The lowest BCUT2D eigenvalue weighted by atomic mass is 10.2. The number of anilines is 1. The summed E-state index contributed by atoms with van der Waals surface area (Å²) in [6, 6.07) is 5.37. The highest BCUT2D eigenvalue weighted by molar-refractivity contribution is 7.07. The van der Waals surface area contributed by atoms with Gasteiger partial charge in [0.1, 0.15) is 5.82 Å². The number of hydrogen-bond acceptors (Lipinski definition) is 4. The number of amides is 1. The van der Waals surface area contributed by atoms with Crippen LogP contribution in [0.15, 0.2) is 35.2 Å². The molecule has 82 valence electrons. The molecule has 16 heavy (non-hydrogen) atoms. The molecule has 0 aromatic carbocycles. The minimum absolute atomic E-state index is 0.415. The summed E-state index contributed by atoms with van der Waals surface area (Å²) in [7, 11) is 0. The standard InChI is InChI=1S/C11H11N3OS/c12-10(15)9-2-1-4-13-11(9)14-6-8-3-5-16-7-8/h1-5,7H,6H2,(H2,12,15)(H,13,14). The Morgan fingerprint density at radius 2 is 2.38 bits per heavy atom. The minimum Gasteiger partial charge on any atom is -0.365 e. The maximum atomic E-state index is 11.1. The monoisotopic (exact) mass is 233 g/mol. The molecule has 0 aliphatic rings. The topological polar surface area (TPSA) is 68.0 Å². The van der Waals surface area contributed by atoms with E-state index >= 15 is 0 Å². The zero-order valence-corrected chi connectivity index (χ0v) is 9.33. The fraction of sp³-hybridized carbons (Fsp3) is 0.0909. The zero-order chi connectivity index (χ0) is 11.4. The highest BCUT2D eigenvalue weighted by atomic mass is 32.1. The number of primary amides is 1. The van der Waals surface area contributed by atoms with E-state index in [-0.39, 0.29) is 0 Å². The van der Waals surface area contributed by atoms with Gasteiger partial charge in [-0.3, -0.25) is 4.79 Å². The van der Waals surface area contributed by atoms with E-state index in [0.29, 0.717) is 17.9 Å². The number of carbonyl (C=O) groups is 1. The van der Waals surface area contributed by atoms with Crippen molar-refractivity contribution in [1.29, 1.82) is 0 Å². The van der Waals surface area contributed by atoms with Gasteiger partial charge in [-0.05, 0) is 34.5 Å². The van der Waals surface area contributed by atoms with Crippen molar-refractivity contribution in [3.05, 3.63) is 46.3 Å². The Balaban J connectivity index is 2.12. The second-order valence-corrected chi connectivity index (χ2v) is 4.03. The van der Waals surface area contributed by atoms with Crippen LogP contribution >= 0.6 is 11.3 Å². The summed E-state index contributed by atoms with van der Waals surface area (Å²) in [6.07, 6.45) is 1.63. The van der Waals surface area contributed by atoms with Gasteiger partial charge in [0.2, 0.25) is 0 Å². The molecule has 0 unspecified atom stereocenters. The molecule has 0 spiro atoms. The smallest absolute Gasteiger partial charge is 0.252 e. The second-order valence-electron chi connectivity index (χ2n) is 3.25. The average molecular weight is 233 g/mol. The number of nitrogens with zero attached hydrogens (tertiary/aromatic N) is 1. The zero-order valence-electron chi connectivity index (χ0n) is 8.51. The number of hydrogen-bond donors (Lipinski definition) is 2. The molecule has 3 N–H and O–H groups in total. The SMILES string of the molecule is NC(=O)c1cccnc1NCc1ccsc1. The number of rotatable bonds is 4. The van der Waals surface area contributed by atoms with Crippen LogP contribution in [-0.4, -0.2) is 10.9 Å². The van der Waals surface area contributed by atoms with Crippen molar-refractivity contribution in [2.75, 3.05) is 5.32 Å². The molecule has 4 nitrogen and oxygen atoms in total. The van der Waals surface area contributed by atoms with Gasteiger partial charge in [-0.25, -0.2) is 4.98 Å². The lowest BCUT2D eigenvalue weighted by Gasteiger charge is -2.07. The molecule has 0 saturated carbocycles.